The van der Waals surface area contributed by atoms with Gasteiger partial charge in [0.05, 0.1) is 0 Å². The summed E-state index contributed by atoms with van der Waals surface area (Å²) in [6, 6.07) is 0.813. The minimum absolute atomic E-state index is 0.813. The van der Waals surface area contributed by atoms with Gasteiger partial charge in [0.15, 0.2) is 0 Å². The molecular weight excluding hydrogens is 208 g/mol. The van der Waals surface area contributed by atoms with Crippen molar-refractivity contribution >= 4 is 0 Å². The molecule has 1 saturated carbocycles. The SMILES string of the molecule is CCC(CC)CN1CCC(NCC2CC2)CC1. The minimum atomic E-state index is 0.813. The highest BCUT2D eigenvalue weighted by atomic mass is 15.1. The Morgan fingerprint density at radius 2 is 1.71 bits per heavy atom. The predicted molar refractivity (Wildman–Crippen MR) is 74.3 cm³/mol. The summed E-state index contributed by atoms with van der Waals surface area (Å²) >= 11 is 0. The summed E-state index contributed by atoms with van der Waals surface area (Å²) in [6.45, 7) is 9.92. The molecule has 17 heavy (non-hydrogen) atoms. The third kappa shape index (κ3) is 4.59. The third-order valence-corrected chi connectivity index (χ3v) is 4.65. The Bertz CT molecular complexity index is 201. The number of piperidine rings is 1. The summed E-state index contributed by atoms with van der Waals surface area (Å²) in [6.07, 6.45) is 8.37. The van der Waals surface area contributed by atoms with Crippen molar-refractivity contribution in [1.82, 2.24) is 10.2 Å². The van der Waals surface area contributed by atoms with Crippen molar-refractivity contribution in [2.24, 2.45) is 11.8 Å². The first kappa shape index (κ1) is 13.4. The average molecular weight is 238 g/mol. The molecule has 100 valence electrons. The van der Waals surface area contributed by atoms with E-state index in [0.29, 0.717) is 0 Å². The van der Waals surface area contributed by atoms with Crippen LogP contribution in [-0.2, 0) is 0 Å². The Morgan fingerprint density at radius 1 is 1.06 bits per heavy atom. The molecule has 2 rings (SSSR count). The van der Waals surface area contributed by atoms with E-state index in [1.165, 1.54) is 64.7 Å². The fourth-order valence-corrected chi connectivity index (χ4v) is 2.89. The summed E-state index contributed by atoms with van der Waals surface area (Å²) < 4.78 is 0. The second-order valence-electron chi connectivity index (χ2n) is 6.11. The van der Waals surface area contributed by atoms with Gasteiger partial charge in [0.1, 0.15) is 0 Å². The van der Waals surface area contributed by atoms with E-state index in [9.17, 15) is 0 Å². The maximum absolute atomic E-state index is 3.76. The summed E-state index contributed by atoms with van der Waals surface area (Å²) in [7, 11) is 0. The van der Waals surface area contributed by atoms with Gasteiger partial charge in [-0.1, -0.05) is 26.7 Å². The zero-order valence-electron chi connectivity index (χ0n) is 11.8. The number of hydrogen-bond donors (Lipinski definition) is 1. The smallest absolute Gasteiger partial charge is 0.00915 e. The van der Waals surface area contributed by atoms with Gasteiger partial charge in [-0.25, -0.2) is 0 Å². The van der Waals surface area contributed by atoms with Crippen LogP contribution in [0.3, 0.4) is 0 Å². The van der Waals surface area contributed by atoms with Crippen molar-refractivity contribution in [3.63, 3.8) is 0 Å². The van der Waals surface area contributed by atoms with Crippen LogP contribution in [0.5, 0.6) is 0 Å². The second kappa shape index (κ2) is 6.75. The van der Waals surface area contributed by atoms with E-state index in [1.54, 1.807) is 0 Å². The molecule has 0 atom stereocenters. The maximum Gasteiger partial charge on any atom is 0.00915 e. The van der Waals surface area contributed by atoms with Gasteiger partial charge in [-0.15, -0.1) is 0 Å². The maximum atomic E-state index is 3.76. The number of likely N-dealkylation sites (tertiary alicyclic amines) is 1. The van der Waals surface area contributed by atoms with Crippen molar-refractivity contribution in [3.05, 3.63) is 0 Å². The van der Waals surface area contributed by atoms with Crippen LogP contribution in [-0.4, -0.2) is 37.1 Å². The number of nitrogens with zero attached hydrogens (tertiary/aromatic N) is 1. The Morgan fingerprint density at radius 3 is 2.24 bits per heavy atom. The van der Waals surface area contributed by atoms with Gasteiger partial charge in [0, 0.05) is 12.6 Å². The second-order valence-corrected chi connectivity index (χ2v) is 6.11. The van der Waals surface area contributed by atoms with E-state index in [2.05, 4.69) is 24.1 Å². The molecule has 2 nitrogen and oxygen atoms in total. The molecule has 1 heterocycles. The van der Waals surface area contributed by atoms with Gasteiger partial charge >= 0.3 is 0 Å². The highest BCUT2D eigenvalue weighted by molar-refractivity contribution is 4.82. The molecule has 0 unspecified atom stereocenters. The number of hydrogen-bond acceptors (Lipinski definition) is 2. The van der Waals surface area contributed by atoms with Crippen LogP contribution in [0.4, 0.5) is 0 Å². The average Bonchev–Trinajstić information content (AvgIpc) is 3.19. The molecule has 1 N–H and O–H groups in total. The Hall–Kier alpha value is -0.0800. The van der Waals surface area contributed by atoms with E-state index in [1.807, 2.05) is 0 Å². The van der Waals surface area contributed by atoms with Gasteiger partial charge in [0.2, 0.25) is 0 Å². The van der Waals surface area contributed by atoms with Gasteiger partial charge in [0.25, 0.3) is 0 Å². The predicted octanol–water partition coefficient (Wildman–Crippen LogP) is 2.89. The lowest BCUT2D eigenvalue weighted by Crippen LogP contribution is -2.44. The molecule has 2 aliphatic rings. The molecule has 0 aromatic heterocycles. The van der Waals surface area contributed by atoms with Crippen LogP contribution < -0.4 is 5.32 Å². The van der Waals surface area contributed by atoms with Crippen LogP contribution in [0, 0.1) is 11.8 Å². The lowest BCUT2D eigenvalue weighted by atomic mass is 9.99. The fraction of sp³-hybridized carbons (Fsp3) is 1.00. The lowest BCUT2D eigenvalue weighted by Gasteiger charge is -2.34. The standard InChI is InChI=1S/C15H30N2/c1-3-13(4-2)12-17-9-7-15(8-10-17)16-11-14-5-6-14/h13-16H,3-12H2,1-2H3. The van der Waals surface area contributed by atoms with Crippen molar-refractivity contribution in [2.45, 2.75) is 58.4 Å². The monoisotopic (exact) mass is 238 g/mol. The summed E-state index contributed by atoms with van der Waals surface area (Å²) in [5, 5.41) is 3.76. The van der Waals surface area contributed by atoms with E-state index in [0.717, 1.165) is 17.9 Å². The van der Waals surface area contributed by atoms with Crippen LogP contribution in [0.25, 0.3) is 0 Å². The molecule has 2 heteroatoms. The molecule has 0 aromatic carbocycles. The van der Waals surface area contributed by atoms with Crippen LogP contribution in [0.2, 0.25) is 0 Å². The van der Waals surface area contributed by atoms with Crippen molar-refractivity contribution < 1.29 is 0 Å². The van der Waals surface area contributed by atoms with Crippen molar-refractivity contribution in [1.29, 1.82) is 0 Å². The largest absolute Gasteiger partial charge is 0.314 e. The van der Waals surface area contributed by atoms with Crippen LogP contribution in [0.1, 0.15) is 52.4 Å². The van der Waals surface area contributed by atoms with E-state index in [4.69, 9.17) is 0 Å². The Kier molecular flexibility index (Phi) is 5.30. The Balaban J connectivity index is 1.59. The van der Waals surface area contributed by atoms with E-state index >= 15 is 0 Å². The summed E-state index contributed by atoms with van der Waals surface area (Å²) in [5.74, 6) is 1.95. The first-order valence-corrected chi connectivity index (χ1v) is 7.77. The molecule has 1 aliphatic carbocycles. The van der Waals surface area contributed by atoms with E-state index < -0.39 is 0 Å². The normalized spacial score (nSPS) is 23.5. The topological polar surface area (TPSA) is 15.3 Å². The van der Waals surface area contributed by atoms with Gasteiger partial charge in [-0.3, -0.25) is 0 Å². The molecule has 1 aliphatic heterocycles. The van der Waals surface area contributed by atoms with Gasteiger partial charge in [-0.05, 0) is 57.2 Å². The summed E-state index contributed by atoms with van der Waals surface area (Å²) in [4.78, 5) is 2.69. The quantitative estimate of drug-likeness (QED) is 0.733. The molecule has 0 spiro atoms. The molecular formula is C15H30N2. The fourth-order valence-electron chi connectivity index (χ4n) is 2.89. The highest BCUT2D eigenvalue weighted by Gasteiger charge is 2.24. The highest BCUT2D eigenvalue weighted by Crippen LogP contribution is 2.28. The molecule has 2 fully saturated rings. The molecule has 0 amide bonds. The Labute approximate surface area is 107 Å². The minimum Gasteiger partial charge on any atom is -0.314 e. The van der Waals surface area contributed by atoms with Gasteiger partial charge in [-0.2, -0.15) is 0 Å². The van der Waals surface area contributed by atoms with E-state index in [-0.39, 0.29) is 0 Å². The number of nitrogens with one attached hydrogen (secondary N) is 1. The first-order valence-electron chi connectivity index (χ1n) is 7.77. The first-order chi connectivity index (χ1) is 8.31. The van der Waals surface area contributed by atoms with Crippen molar-refractivity contribution in [2.75, 3.05) is 26.2 Å². The molecule has 1 saturated heterocycles. The van der Waals surface area contributed by atoms with Gasteiger partial charge < -0.3 is 10.2 Å². The molecule has 0 bridgehead atoms. The zero-order chi connectivity index (χ0) is 12.1. The van der Waals surface area contributed by atoms with Crippen LogP contribution in [0.15, 0.2) is 0 Å². The zero-order valence-corrected chi connectivity index (χ0v) is 11.8. The molecule has 0 radical (unpaired) electrons. The lowest BCUT2D eigenvalue weighted by molar-refractivity contribution is 0.168. The third-order valence-electron chi connectivity index (χ3n) is 4.65. The molecule has 0 aromatic rings. The summed E-state index contributed by atoms with van der Waals surface area (Å²) in [5.41, 5.74) is 0. The van der Waals surface area contributed by atoms with Crippen molar-refractivity contribution in [3.8, 4) is 0 Å². The number of rotatable bonds is 7. The van der Waals surface area contributed by atoms with Crippen LogP contribution >= 0.6 is 0 Å².